The minimum Gasteiger partial charge on any atom is -0.461 e. The van der Waals surface area contributed by atoms with Gasteiger partial charge in [-0.25, -0.2) is 9.78 Å². The molecule has 4 heteroatoms. The first kappa shape index (κ1) is 11.2. The predicted molar refractivity (Wildman–Crippen MR) is 60.2 cm³/mol. The Kier molecular flexibility index (Phi) is 3.27. The van der Waals surface area contributed by atoms with Crippen molar-refractivity contribution < 1.29 is 9.53 Å². The Balaban J connectivity index is 2.03. The van der Waals surface area contributed by atoms with Gasteiger partial charge in [-0.15, -0.1) is 0 Å². The van der Waals surface area contributed by atoms with Crippen molar-refractivity contribution in [1.82, 2.24) is 9.55 Å². The lowest BCUT2D eigenvalue weighted by molar-refractivity contribution is 0.0520. The third-order valence-corrected chi connectivity index (χ3v) is 3.39. The lowest BCUT2D eigenvalue weighted by atomic mass is 9.80. The average Bonchev–Trinajstić information content (AvgIpc) is 2.63. The van der Waals surface area contributed by atoms with E-state index in [-0.39, 0.29) is 5.97 Å². The second kappa shape index (κ2) is 4.68. The molecular formula is C12H18N2O2. The highest BCUT2D eigenvalue weighted by Crippen LogP contribution is 2.35. The summed E-state index contributed by atoms with van der Waals surface area (Å²) in [5.74, 6) is 0.409. The van der Waals surface area contributed by atoms with E-state index >= 15 is 0 Å². The minimum absolute atomic E-state index is 0.331. The molecule has 1 aromatic heterocycles. The van der Waals surface area contributed by atoms with Crippen LogP contribution in [0.1, 0.15) is 49.6 Å². The third kappa shape index (κ3) is 2.10. The monoisotopic (exact) mass is 222 g/mol. The topological polar surface area (TPSA) is 44.1 Å². The summed E-state index contributed by atoms with van der Waals surface area (Å²) in [6.45, 7) is 4.37. The Labute approximate surface area is 95.6 Å². The van der Waals surface area contributed by atoms with E-state index in [9.17, 15) is 4.79 Å². The highest BCUT2D eigenvalue weighted by Gasteiger charge is 2.25. The molecule has 0 amide bonds. The lowest BCUT2D eigenvalue weighted by Crippen LogP contribution is -2.22. The van der Waals surface area contributed by atoms with Crippen LogP contribution in [0.3, 0.4) is 0 Å². The van der Waals surface area contributed by atoms with Crippen molar-refractivity contribution in [2.24, 2.45) is 5.92 Å². The van der Waals surface area contributed by atoms with Crippen LogP contribution in [0.15, 0.2) is 12.5 Å². The van der Waals surface area contributed by atoms with Gasteiger partial charge in [-0.3, -0.25) is 0 Å². The van der Waals surface area contributed by atoms with E-state index in [0.29, 0.717) is 18.3 Å². The molecule has 1 saturated carbocycles. The summed E-state index contributed by atoms with van der Waals surface area (Å²) in [7, 11) is 0. The summed E-state index contributed by atoms with van der Waals surface area (Å²) >= 11 is 0. The molecule has 2 rings (SSSR count). The Morgan fingerprint density at radius 2 is 2.44 bits per heavy atom. The summed E-state index contributed by atoms with van der Waals surface area (Å²) in [5.41, 5.74) is 0.410. The molecule has 0 spiro atoms. The molecule has 1 aliphatic carbocycles. The fourth-order valence-electron chi connectivity index (χ4n) is 2.04. The predicted octanol–water partition coefficient (Wildman–Crippen LogP) is 2.42. The van der Waals surface area contributed by atoms with Crippen molar-refractivity contribution in [2.75, 3.05) is 6.61 Å². The van der Waals surface area contributed by atoms with Gasteiger partial charge in [0, 0.05) is 12.2 Å². The number of hydrogen-bond acceptors (Lipinski definition) is 3. The summed E-state index contributed by atoms with van der Waals surface area (Å²) in [4.78, 5) is 15.5. The molecule has 1 heterocycles. The van der Waals surface area contributed by atoms with Gasteiger partial charge in [0.2, 0.25) is 0 Å². The molecule has 0 bridgehead atoms. The van der Waals surface area contributed by atoms with E-state index in [1.165, 1.54) is 19.3 Å². The Bertz CT molecular complexity index is 369. The fourth-order valence-corrected chi connectivity index (χ4v) is 2.04. The molecule has 1 fully saturated rings. The van der Waals surface area contributed by atoms with Crippen LogP contribution < -0.4 is 0 Å². The van der Waals surface area contributed by atoms with Crippen LogP contribution in [-0.4, -0.2) is 22.1 Å². The molecule has 1 aliphatic rings. The van der Waals surface area contributed by atoms with Crippen LogP contribution in [0, 0.1) is 5.92 Å². The number of nitrogens with zero attached hydrogens (tertiary/aromatic N) is 2. The van der Waals surface area contributed by atoms with Crippen LogP contribution >= 0.6 is 0 Å². The van der Waals surface area contributed by atoms with E-state index in [0.717, 1.165) is 5.92 Å². The molecule has 0 N–H and O–H groups in total. The zero-order chi connectivity index (χ0) is 11.5. The summed E-state index contributed by atoms with van der Waals surface area (Å²) in [5, 5.41) is 0. The number of aromatic nitrogens is 2. The van der Waals surface area contributed by atoms with Crippen LogP contribution in [0.5, 0.6) is 0 Å². The van der Waals surface area contributed by atoms with Gasteiger partial charge in [0.15, 0.2) is 5.69 Å². The first-order valence-electron chi connectivity index (χ1n) is 5.93. The first-order chi connectivity index (χ1) is 7.72. The molecule has 88 valence electrons. The van der Waals surface area contributed by atoms with Crippen molar-refractivity contribution in [3.8, 4) is 0 Å². The molecule has 0 aromatic carbocycles. The van der Waals surface area contributed by atoms with Gasteiger partial charge in [0.1, 0.15) is 0 Å². The lowest BCUT2D eigenvalue weighted by Gasteiger charge is -2.31. The quantitative estimate of drug-likeness (QED) is 0.735. The maximum absolute atomic E-state index is 11.4. The summed E-state index contributed by atoms with van der Waals surface area (Å²) in [6.07, 6.45) is 7.42. The Hall–Kier alpha value is -1.32. The number of esters is 1. The second-order valence-electron chi connectivity index (χ2n) is 4.36. The summed E-state index contributed by atoms with van der Waals surface area (Å²) < 4.78 is 6.93. The van der Waals surface area contributed by atoms with Crippen LogP contribution in [0.25, 0.3) is 0 Å². The van der Waals surface area contributed by atoms with Crippen molar-refractivity contribution in [3.63, 3.8) is 0 Å². The summed E-state index contributed by atoms with van der Waals surface area (Å²) in [6, 6.07) is 0.435. The molecule has 0 aliphatic heterocycles. The molecule has 0 radical (unpaired) electrons. The Morgan fingerprint density at radius 3 is 3.00 bits per heavy atom. The van der Waals surface area contributed by atoms with Gasteiger partial charge < -0.3 is 9.30 Å². The first-order valence-corrected chi connectivity index (χ1v) is 5.93. The molecule has 1 aromatic rings. The van der Waals surface area contributed by atoms with Gasteiger partial charge in [0.05, 0.1) is 12.9 Å². The SMILES string of the molecule is CCOC(=O)c1cn([C@@H](C)C2CCC2)cn1. The van der Waals surface area contributed by atoms with Crippen LogP contribution in [-0.2, 0) is 4.74 Å². The second-order valence-corrected chi connectivity index (χ2v) is 4.36. The molecule has 0 saturated heterocycles. The maximum Gasteiger partial charge on any atom is 0.358 e. The zero-order valence-electron chi connectivity index (χ0n) is 9.85. The molecule has 1 atom stereocenters. The van der Waals surface area contributed by atoms with Gasteiger partial charge >= 0.3 is 5.97 Å². The highest BCUT2D eigenvalue weighted by molar-refractivity contribution is 5.86. The van der Waals surface area contributed by atoms with Gasteiger partial charge in [0.25, 0.3) is 0 Å². The van der Waals surface area contributed by atoms with Gasteiger partial charge in [-0.1, -0.05) is 6.42 Å². The normalized spacial score (nSPS) is 17.9. The molecule has 16 heavy (non-hydrogen) atoms. The molecule has 4 nitrogen and oxygen atoms in total. The number of imidazole rings is 1. The smallest absolute Gasteiger partial charge is 0.358 e. The standard InChI is InChI=1S/C12H18N2O2/c1-3-16-12(15)11-7-14(8-13-11)9(2)10-5-4-6-10/h7-10H,3-6H2,1-2H3/t9-/m0/s1. The maximum atomic E-state index is 11.4. The number of carbonyl (C=O) groups is 1. The number of ether oxygens (including phenoxy) is 1. The van der Waals surface area contributed by atoms with E-state index in [4.69, 9.17) is 4.74 Å². The molecule has 0 unspecified atom stereocenters. The van der Waals surface area contributed by atoms with E-state index in [2.05, 4.69) is 11.9 Å². The van der Waals surface area contributed by atoms with Crippen LogP contribution in [0.2, 0.25) is 0 Å². The zero-order valence-corrected chi connectivity index (χ0v) is 9.85. The number of rotatable bonds is 4. The number of hydrogen-bond donors (Lipinski definition) is 0. The number of carbonyl (C=O) groups excluding carboxylic acids is 1. The van der Waals surface area contributed by atoms with Crippen molar-refractivity contribution in [2.45, 2.75) is 39.2 Å². The minimum atomic E-state index is -0.331. The van der Waals surface area contributed by atoms with E-state index < -0.39 is 0 Å². The van der Waals surface area contributed by atoms with Crippen molar-refractivity contribution in [1.29, 1.82) is 0 Å². The average molecular weight is 222 g/mol. The third-order valence-electron chi connectivity index (χ3n) is 3.39. The van der Waals surface area contributed by atoms with Gasteiger partial charge in [-0.2, -0.15) is 0 Å². The van der Waals surface area contributed by atoms with E-state index in [1.54, 1.807) is 19.4 Å². The molecular weight excluding hydrogens is 204 g/mol. The largest absolute Gasteiger partial charge is 0.461 e. The fraction of sp³-hybridized carbons (Fsp3) is 0.667. The van der Waals surface area contributed by atoms with Crippen LogP contribution in [0.4, 0.5) is 0 Å². The van der Waals surface area contributed by atoms with Gasteiger partial charge in [-0.05, 0) is 32.6 Å². The van der Waals surface area contributed by atoms with E-state index in [1.807, 2.05) is 4.57 Å². The van der Waals surface area contributed by atoms with Crippen molar-refractivity contribution in [3.05, 3.63) is 18.2 Å². The highest BCUT2D eigenvalue weighted by atomic mass is 16.5. The Morgan fingerprint density at radius 1 is 1.69 bits per heavy atom. The van der Waals surface area contributed by atoms with Crippen molar-refractivity contribution >= 4 is 5.97 Å².